The van der Waals surface area contributed by atoms with Crippen molar-refractivity contribution < 1.29 is 14.0 Å². The van der Waals surface area contributed by atoms with Gasteiger partial charge in [-0.3, -0.25) is 0 Å². The Morgan fingerprint density at radius 2 is 0.717 bits per heavy atom. The maximum Gasteiger partial charge on any atom is 0.238 e. The molecule has 6 heteroatoms. The zero-order valence-electron chi connectivity index (χ0n) is 32.6. The quantitative estimate of drug-likeness (QED) is 0.148. The molecule has 0 saturated heterocycles. The van der Waals surface area contributed by atoms with E-state index in [0.29, 0.717) is 15.9 Å². The van der Waals surface area contributed by atoms with Crippen LogP contribution in [0.3, 0.4) is 0 Å². The first-order chi connectivity index (χ1) is 29.4. The molecule has 3 nitrogen and oxygen atoms in total. The molecule has 288 valence electrons. The highest BCUT2D eigenvalue weighted by Crippen LogP contribution is 2.52. The molecular weight excluding hydrogens is 790 g/mol. The van der Waals surface area contributed by atoms with Crippen molar-refractivity contribution in [2.75, 3.05) is 0 Å². The van der Waals surface area contributed by atoms with Crippen LogP contribution in [0.5, 0.6) is 0 Å². The second kappa shape index (κ2) is 15.5. The highest BCUT2D eigenvalue weighted by Gasteiger charge is 2.45. The highest BCUT2D eigenvalue weighted by molar-refractivity contribution is 7.91. The topological polar surface area (TPSA) is 54.4 Å². The molecule has 0 radical (unpaired) electrons. The molecule has 0 aromatic heterocycles. The van der Waals surface area contributed by atoms with Gasteiger partial charge in [0.2, 0.25) is 7.49 Å². The van der Waals surface area contributed by atoms with Gasteiger partial charge >= 0.3 is 0 Å². The Morgan fingerprint density at radius 3 is 1.37 bits per heavy atom. The summed E-state index contributed by atoms with van der Waals surface area (Å²) in [6, 6.07) is 77.5. The molecule has 0 aliphatic carbocycles. The van der Waals surface area contributed by atoms with Crippen LogP contribution in [0.15, 0.2) is 237 Å². The third-order valence-electron chi connectivity index (χ3n) is 11.7. The van der Waals surface area contributed by atoms with Crippen LogP contribution in [-0.2, 0) is 9.13 Å². The molecule has 3 atom stereocenters. The van der Waals surface area contributed by atoms with Crippen LogP contribution in [0.1, 0.15) is 0 Å². The summed E-state index contributed by atoms with van der Waals surface area (Å²) in [4.78, 5) is 13.0. The molecule has 60 heavy (non-hydrogen) atoms. The molecule has 10 aromatic carbocycles. The molecule has 0 spiro atoms. The Kier molecular flexibility index (Phi) is 9.80. The number of benzene rings is 10. The Hall–Kier alpha value is -6.17. The Balaban J connectivity index is 1.13. The first-order valence-electron chi connectivity index (χ1n) is 20.0. The van der Waals surface area contributed by atoms with Gasteiger partial charge in [0, 0.05) is 31.8 Å². The van der Waals surface area contributed by atoms with E-state index >= 15 is 9.13 Å². The molecule has 1 N–H and O–H groups in total. The Labute approximate surface area is 350 Å². The lowest BCUT2D eigenvalue weighted by Crippen LogP contribution is -2.32. The van der Waals surface area contributed by atoms with Crippen molar-refractivity contribution in [1.29, 1.82) is 0 Å². The van der Waals surface area contributed by atoms with Crippen LogP contribution in [0.2, 0.25) is 0 Å². The average Bonchev–Trinajstić information content (AvgIpc) is 3.33. The van der Waals surface area contributed by atoms with Crippen molar-refractivity contribution >= 4 is 102 Å². The normalized spacial score (nSPS) is 14.6. The van der Waals surface area contributed by atoms with E-state index < -0.39 is 21.8 Å². The van der Waals surface area contributed by atoms with Crippen molar-refractivity contribution in [3.8, 4) is 0 Å². The fraction of sp³-hybridized carbons (Fsp3) is 0. The van der Waals surface area contributed by atoms with E-state index in [0.717, 1.165) is 64.1 Å². The maximum atomic E-state index is 16.4. The molecule has 0 heterocycles. The third-order valence-corrected chi connectivity index (χ3v) is 21.0. The van der Waals surface area contributed by atoms with E-state index in [2.05, 4.69) is 30.3 Å². The molecule has 10 rings (SSSR count). The molecule has 3 unspecified atom stereocenters. The van der Waals surface area contributed by atoms with Gasteiger partial charge in [0.15, 0.2) is 14.3 Å². The molecule has 0 aliphatic heterocycles. The summed E-state index contributed by atoms with van der Waals surface area (Å²) in [5.41, 5.74) is 0. The lowest BCUT2D eigenvalue weighted by atomic mass is 10.1. The van der Waals surface area contributed by atoms with E-state index in [1.54, 1.807) is 0 Å². The molecule has 0 fully saturated rings. The van der Waals surface area contributed by atoms with Crippen LogP contribution in [0.25, 0.3) is 32.3 Å². The average molecular weight is 830 g/mol. The predicted octanol–water partition coefficient (Wildman–Crippen LogP) is 9.63. The van der Waals surface area contributed by atoms with Crippen LogP contribution in [0.4, 0.5) is 0 Å². The summed E-state index contributed by atoms with van der Waals surface area (Å²) < 4.78 is 32.1. The molecule has 0 saturated carbocycles. The monoisotopic (exact) mass is 829 g/mol. The summed E-state index contributed by atoms with van der Waals surface area (Å²) in [6.45, 7) is 0. The number of hydrogen-bond acceptors (Lipinski definition) is 3. The SMILES string of the molecule is O=P(c1ccccc1)(c1ccc(P(=O)(c2ccc([P+](O)(c3ccccc3)c3ccc4ccccc4c3)cc2)c2cccc3ccccc23)cc1)c1ccc2ccccc2c1. The smallest absolute Gasteiger partial charge is 0.238 e. The first kappa shape index (κ1) is 38.1. The maximum absolute atomic E-state index is 16.4. The van der Waals surface area contributed by atoms with Gasteiger partial charge in [-0.2, -0.15) is 0 Å². The van der Waals surface area contributed by atoms with Crippen molar-refractivity contribution in [3.05, 3.63) is 237 Å². The summed E-state index contributed by atoms with van der Waals surface area (Å²) >= 11 is 0. The van der Waals surface area contributed by atoms with Gasteiger partial charge in [0.1, 0.15) is 15.9 Å². The molecule has 0 bridgehead atoms. The number of rotatable bonds is 9. The van der Waals surface area contributed by atoms with Crippen LogP contribution < -0.4 is 47.7 Å². The van der Waals surface area contributed by atoms with Crippen LogP contribution in [-0.4, -0.2) is 4.89 Å². The Morgan fingerprint density at radius 1 is 0.300 bits per heavy atom. The van der Waals surface area contributed by atoms with Crippen molar-refractivity contribution in [2.24, 2.45) is 0 Å². The summed E-state index contributed by atoms with van der Waals surface area (Å²) in [5, 5.41) is 12.8. The summed E-state index contributed by atoms with van der Waals surface area (Å²) in [7, 11) is -10.0. The standard InChI is InChI=1S/C54H40O3P3/c55-58(45-20-3-1-4-21-45,51-28-26-40-14-7-9-17-43(40)38-51)47-30-34-49(35-31-47)60(57,54-25-13-19-42-16-11-12-24-53(42)54)50-36-32-48(33-37-50)59(56,46-22-5-2-6-23-46)52-29-27-41-15-8-10-18-44(41)39-52/h1-39,55H/q+1. The van der Waals surface area contributed by atoms with Gasteiger partial charge < -0.3 is 9.13 Å². The Bertz CT molecular complexity index is 3270. The lowest BCUT2D eigenvalue weighted by molar-refractivity contribution is 0.591. The van der Waals surface area contributed by atoms with E-state index in [1.807, 2.05) is 206 Å². The zero-order chi connectivity index (χ0) is 40.7. The molecule has 10 aromatic rings. The van der Waals surface area contributed by atoms with Crippen LogP contribution in [0, 0.1) is 0 Å². The van der Waals surface area contributed by atoms with Gasteiger partial charge in [0.05, 0.1) is 0 Å². The summed E-state index contributed by atoms with van der Waals surface area (Å²) in [6.07, 6.45) is 0. The summed E-state index contributed by atoms with van der Waals surface area (Å²) in [5.74, 6) is 0. The van der Waals surface area contributed by atoms with E-state index in [1.165, 1.54) is 0 Å². The van der Waals surface area contributed by atoms with E-state index in [9.17, 15) is 4.89 Å². The highest BCUT2D eigenvalue weighted by atomic mass is 31.2. The number of hydrogen-bond donors (Lipinski definition) is 1. The van der Waals surface area contributed by atoms with Crippen molar-refractivity contribution in [1.82, 2.24) is 0 Å². The van der Waals surface area contributed by atoms with E-state index in [-0.39, 0.29) is 0 Å². The van der Waals surface area contributed by atoms with Gasteiger partial charge in [-0.25, -0.2) is 4.89 Å². The second-order valence-corrected chi connectivity index (χ2v) is 23.4. The second-order valence-electron chi connectivity index (χ2n) is 15.1. The van der Waals surface area contributed by atoms with Crippen LogP contribution >= 0.6 is 21.8 Å². The van der Waals surface area contributed by atoms with Gasteiger partial charge in [-0.1, -0.05) is 182 Å². The largest absolute Gasteiger partial charge is 0.309 e. The van der Waals surface area contributed by atoms with E-state index in [4.69, 9.17) is 0 Å². The zero-order valence-corrected chi connectivity index (χ0v) is 35.3. The minimum absolute atomic E-state index is 0.635. The third kappa shape index (κ3) is 6.38. The van der Waals surface area contributed by atoms with Gasteiger partial charge in [0.25, 0.3) is 0 Å². The van der Waals surface area contributed by atoms with Crippen molar-refractivity contribution in [3.63, 3.8) is 0 Å². The molecule has 0 aliphatic rings. The lowest BCUT2D eigenvalue weighted by Gasteiger charge is -2.25. The molecular formula is C54H40O3P3+. The van der Waals surface area contributed by atoms with Crippen molar-refractivity contribution in [2.45, 2.75) is 0 Å². The fourth-order valence-electron chi connectivity index (χ4n) is 8.59. The first-order valence-corrected chi connectivity index (χ1v) is 25.1. The molecule has 0 amide bonds. The van der Waals surface area contributed by atoms with Gasteiger partial charge in [-0.15, -0.1) is 0 Å². The minimum atomic E-state index is -3.58. The predicted molar refractivity (Wildman–Crippen MR) is 259 cm³/mol. The fourth-order valence-corrected chi connectivity index (χ4v) is 16.8. The van der Waals surface area contributed by atoms with Gasteiger partial charge in [-0.05, 0) is 86.9 Å². The number of fused-ring (bicyclic) bond motifs is 3. The minimum Gasteiger partial charge on any atom is -0.309 e.